The molecular formula is C18H23N3O4S. The van der Waals surface area contributed by atoms with Gasteiger partial charge < -0.3 is 14.6 Å². The first-order chi connectivity index (χ1) is 12.3. The number of rotatable bonds is 5. The molecule has 2 N–H and O–H groups in total. The van der Waals surface area contributed by atoms with E-state index in [4.69, 9.17) is 4.74 Å². The topological polar surface area (TPSA) is 91.5 Å². The number of nitrogens with one attached hydrogen (secondary N) is 2. The van der Waals surface area contributed by atoms with Gasteiger partial charge in [0.05, 0.1) is 18.4 Å². The van der Waals surface area contributed by atoms with E-state index in [9.17, 15) is 13.2 Å². The number of methoxy groups -OCH3 is 1. The third-order valence-electron chi connectivity index (χ3n) is 4.52. The molecule has 1 amide bonds. The Bertz CT molecular complexity index is 928. The fourth-order valence-corrected chi connectivity index (χ4v) is 4.83. The summed E-state index contributed by atoms with van der Waals surface area (Å²) in [6.45, 7) is 4.70. The number of H-pyrrole nitrogens is 1. The van der Waals surface area contributed by atoms with Crippen LogP contribution in [0.2, 0.25) is 0 Å². The molecule has 0 atom stereocenters. The molecule has 0 saturated carbocycles. The summed E-state index contributed by atoms with van der Waals surface area (Å²) >= 11 is 0. The summed E-state index contributed by atoms with van der Waals surface area (Å²) in [5.74, 6) is 0.302. The molecule has 7 nitrogen and oxygen atoms in total. The first-order valence-electron chi connectivity index (χ1n) is 8.49. The predicted molar refractivity (Wildman–Crippen MR) is 99.2 cm³/mol. The third-order valence-corrected chi connectivity index (χ3v) is 6.07. The molecule has 0 bridgehead atoms. The molecule has 0 spiro atoms. The van der Waals surface area contributed by atoms with E-state index in [-0.39, 0.29) is 16.4 Å². The Morgan fingerprint density at radius 2 is 1.88 bits per heavy atom. The van der Waals surface area contributed by atoms with Crippen molar-refractivity contribution in [1.82, 2.24) is 9.88 Å². The Kier molecular flexibility index (Phi) is 4.95. The molecule has 1 aliphatic heterocycles. The van der Waals surface area contributed by atoms with Gasteiger partial charge in [0.15, 0.2) is 0 Å². The van der Waals surface area contributed by atoms with E-state index >= 15 is 0 Å². The van der Waals surface area contributed by atoms with Crippen LogP contribution in [0.1, 0.15) is 34.6 Å². The lowest BCUT2D eigenvalue weighted by molar-refractivity contribution is 0.0788. The predicted octanol–water partition coefficient (Wildman–Crippen LogP) is 2.68. The molecule has 140 valence electrons. The average Bonchev–Trinajstić information content (AvgIpc) is 3.22. The van der Waals surface area contributed by atoms with Gasteiger partial charge in [-0.25, -0.2) is 8.42 Å². The van der Waals surface area contributed by atoms with Crippen LogP contribution in [0.3, 0.4) is 0 Å². The molecule has 26 heavy (non-hydrogen) atoms. The van der Waals surface area contributed by atoms with Crippen molar-refractivity contribution in [3.63, 3.8) is 0 Å². The fourth-order valence-electron chi connectivity index (χ4n) is 3.32. The number of amides is 1. The summed E-state index contributed by atoms with van der Waals surface area (Å²) in [6, 6.07) is 6.65. The number of nitrogens with zero attached hydrogens (tertiary/aromatic N) is 1. The van der Waals surface area contributed by atoms with Crippen LogP contribution in [0.15, 0.2) is 29.2 Å². The molecular weight excluding hydrogens is 354 g/mol. The van der Waals surface area contributed by atoms with Crippen LogP contribution in [0, 0.1) is 13.8 Å². The van der Waals surface area contributed by atoms with E-state index in [1.807, 2.05) is 0 Å². The van der Waals surface area contributed by atoms with Crippen molar-refractivity contribution in [3.05, 3.63) is 41.2 Å². The normalized spacial score (nSPS) is 14.5. The van der Waals surface area contributed by atoms with Crippen molar-refractivity contribution in [2.75, 3.05) is 24.9 Å². The summed E-state index contributed by atoms with van der Waals surface area (Å²) in [4.78, 5) is 17.6. The van der Waals surface area contributed by atoms with Crippen LogP contribution in [0.4, 0.5) is 5.69 Å². The van der Waals surface area contributed by atoms with Crippen molar-refractivity contribution in [2.45, 2.75) is 31.6 Å². The molecule has 2 heterocycles. The molecule has 1 fully saturated rings. The summed E-state index contributed by atoms with van der Waals surface area (Å²) < 4.78 is 33.7. The van der Waals surface area contributed by atoms with E-state index in [2.05, 4.69) is 9.71 Å². The van der Waals surface area contributed by atoms with E-state index in [1.54, 1.807) is 43.0 Å². The monoisotopic (exact) mass is 377 g/mol. The number of aromatic nitrogens is 1. The first kappa shape index (κ1) is 18.3. The minimum atomic E-state index is -3.94. The van der Waals surface area contributed by atoms with Gasteiger partial charge in [0.1, 0.15) is 10.6 Å². The van der Waals surface area contributed by atoms with Gasteiger partial charge in [0.2, 0.25) is 0 Å². The van der Waals surface area contributed by atoms with Gasteiger partial charge in [-0.2, -0.15) is 0 Å². The van der Waals surface area contributed by atoms with E-state index < -0.39 is 10.0 Å². The number of hydrogen-bond donors (Lipinski definition) is 2. The zero-order chi connectivity index (χ0) is 18.9. The lowest BCUT2D eigenvalue weighted by Gasteiger charge is -2.17. The van der Waals surface area contributed by atoms with E-state index in [0.717, 1.165) is 12.8 Å². The third kappa shape index (κ3) is 3.41. The van der Waals surface area contributed by atoms with Crippen molar-refractivity contribution in [1.29, 1.82) is 0 Å². The van der Waals surface area contributed by atoms with Crippen LogP contribution in [0.25, 0.3) is 0 Å². The molecule has 8 heteroatoms. The highest BCUT2D eigenvalue weighted by Crippen LogP contribution is 2.29. The van der Waals surface area contributed by atoms with Gasteiger partial charge in [-0.1, -0.05) is 6.07 Å². The molecule has 0 unspecified atom stereocenters. The molecule has 1 aliphatic rings. The Morgan fingerprint density at radius 1 is 1.19 bits per heavy atom. The molecule has 2 aromatic rings. The van der Waals surface area contributed by atoms with Gasteiger partial charge in [0, 0.05) is 30.5 Å². The number of likely N-dealkylation sites (tertiary alicyclic amines) is 1. The number of sulfonamides is 1. The second-order valence-electron chi connectivity index (χ2n) is 6.42. The molecule has 1 aromatic carbocycles. The Hall–Kier alpha value is -2.48. The van der Waals surface area contributed by atoms with Crippen LogP contribution < -0.4 is 9.46 Å². The number of anilines is 1. The molecule has 3 rings (SSSR count). The van der Waals surface area contributed by atoms with E-state index in [0.29, 0.717) is 35.9 Å². The minimum Gasteiger partial charge on any atom is -0.497 e. The number of aromatic amines is 1. The average molecular weight is 377 g/mol. The van der Waals surface area contributed by atoms with Gasteiger partial charge in [-0.15, -0.1) is 0 Å². The standard InChI is InChI=1S/C18H23N3O4S/c1-12-16(18(22)21-9-4-5-10-21)17(13(2)19-12)26(23,24)20-14-7-6-8-15(11-14)25-3/h6-8,11,19-20H,4-5,9-10H2,1-3H3. The maximum atomic E-state index is 13.0. The molecule has 0 aliphatic carbocycles. The summed E-state index contributed by atoms with van der Waals surface area (Å²) in [6.07, 6.45) is 1.89. The Morgan fingerprint density at radius 3 is 2.54 bits per heavy atom. The highest BCUT2D eigenvalue weighted by Gasteiger charge is 2.32. The van der Waals surface area contributed by atoms with Crippen molar-refractivity contribution in [3.8, 4) is 5.75 Å². The number of ether oxygens (including phenoxy) is 1. The molecule has 1 aromatic heterocycles. The second-order valence-corrected chi connectivity index (χ2v) is 8.04. The zero-order valence-corrected chi connectivity index (χ0v) is 15.9. The van der Waals surface area contributed by atoms with Gasteiger partial charge >= 0.3 is 0 Å². The quantitative estimate of drug-likeness (QED) is 0.838. The SMILES string of the molecule is COc1cccc(NS(=O)(=O)c2c(C)[nH]c(C)c2C(=O)N2CCCC2)c1. The first-order valence-corrected chi connectivity index (χ1v) is 9.97. The summed E-state index contributed by atoms with van der Waals surface area (Å²) in [7, 11) is -2.42. The second kappa shape index (κ2) is 7.03. The smallest absolute Gasteiger partial charge is 0.264 e. The number of benzene rings is 1. The van der Waals surface area contributed by atoms with Gasteiger partial charge in [0.25, 0.3) is 15.9 Å². The van der Waals surface area contributed by atoms with Crippen molar-refractivity contribution in [2.24, 2.45) is 0 Å². The number of carbonyl (C=O) groups is 1. The van der Waals surface area contributed by atoms with E-state index in [1.165, 1.54) is 7.11 Å². The van der Waals surface area contributed by atoms with Crippen LogP contribution in [-0.2, 0) is 10.0 Å². The van der Waals surface area contributed by atoms with Crippen LogP contribution >= 0.6 is 0 Å². The summed E-state index contributed by atoms with van der Waals surface area (Å²) in [5.41, 5.74) is 1.60. The highest BCUT2D eigenvalue weighted by atomic mass is 32.2. The Balaban J connectivity index is 2.00. The van der Waals surface area contributed by atoms with Gasteiger partial charge in [-0.3, -0.25) is 9.52 Å². The molecule has 1 saturated heterocycles. The fraction of sp³-hybridized carbons (Fsp3) is 0.389. The van der Waals surface area contributed by atoms with Crippen molar-refractivity contribution < 1.29 is 17.9 Å². The maximum absolute atomic E-state index is 13.0. The number of carbonyl (C=O) groups excluding carboxylic acids is 1. The number of hydrogen-bond acceptors (Lipinski definition) is 4. The Labute approximate surface area is 153 Å². The highest BCUT2D eigenvalue weighted by molar-refractivity contribution is 7.92. The summed E-state index contributed by atoms with van der Waals surface area (Å²) in [5, 5.41) is 0. The lowest BCUT2D eigenvalue weighted by atomic mass is 10.2. The van der Waals surface area contributed by atoms with Crippen molar-refractivity contribution >= 4 is 21.6 Å². The van der Waals surface area contributed by atoms with Crippen LogP contribution in [0.5, 0.6) is 5.75 Å². The number of aryl methyl sites for hydroxylation is 2. The molecule has 0 radical (unpaired) electrons. The zero-order valence-electron chi connectivity index (χ0n) is 15.1. The van der Waals surface area contributed by atoms with Gasteiger partial charge in [-0.05, 0) is 38.8 Å². The lowest BCUT2D eigenvalue weighted by Crippen LogP contribution is -2.29. The van der Waals surface area contributed by atoms with Crippen LogP contribution in [-0.4, -0.2) is 44.4 Å². The minimum absolute atomic E-state index is 0.00900. The maximum Gasteiger partial charge on any atom is 0.264 e. The largest absolute Gasteiger partial charge is 0.497 e.